The average molecular weight is 246 g/mol. The Hall–Kier alpha value is -0.610. The number of unbranched alkanes of at least 4 members (excludes halogenated alkanes) is 2. The van der Waals surface area contributed by atoms with E-state index in [2.05, 4.69) is 6.92 Å². The zero-order chi connectivity index (χ0) is 13.1. The maximum atomic E-state index is 11.1. The number of hydrogen-bond acceptors (Lipinski definition) is 3. The van der Waals surface area contributed by atoms with Gasteiger partial charge in [0.15, 0.2) is 6.10 Å². The van der Waals surface area contributed by atoms with E-state index in [4.69, 9.17) is 14.6 Å². The third kappa shape index (κ3) is 7.34. The van der Waals surface area contributed by atoms with Crippen LogP contribution in [0.1, 0.15) is 52.9 Å². The summed E-state index contributed by atoms with van der Waals surface area (Å²) in [6, 6.07) is 0. The second kappa shape index (κ2) is 10.5. The van der Waals surface area contributed by atoms with Gasteiger partial charge in [0.05, 0.1) is 6.10 Å². The van der Waals surface area contributed by atoms with Crippen LogP contribution in [0.3, 0.4) is 0 Å². The molecule has 0 radical (unpaired) electrons. The van der Waals surface area contributed by atoms with E-state index in [1.165, 1.54) is 0 Å². The first-order chi connectivity index (χ1) is 8.17. The Morgan fingerprint density at radius 2 is 1.59 bits per heavy atom. The molecule has 0 aromatic heterocycles. The molecule has 0 aromatic carbocycles. The van der Waals surface area contributed by atoms with Crippen molar-refractivity contribution in [2.75, 3.05) is 13.2 Å². The molecule has 4 nitrogen and oxygen atoms in total. The summed E-state index contributed by atoms with van der Waals surface area (Å²) in [4.78, 5) is 11.1. The molecule has 0 aliphatic carbocycles. The molecule has 102 valence electrons. The van der Waals surface area contributed by atoms with Gasteiger partial charge in [-0.2, -0.15) is 0 Å². The quantitative estimate of drug-likeness (QED) is 0.569. The largest absolute Gasteiger partial charge is 0.479 e. The molecule has 1 N–H and O–H groups in total. The number of hydrogen-bond donors (Lipinski definition) is 1. The van der Waals surface area contributed by atoms with E-state index >= 15 is 0 Å². The average Bonchev–Trinajstić information content (AvgIpc) is 2.31. The van der Waals surface area contributed by atoms with Crippen LogP contribution in [0.15, 0.2) is 0 Å². The number of rotatable bonds is 11. The van der Waals surface area contributed by atoms with Crippen LogP contribution in [-0.2, 0) is 14.3 Å². The zero-order valence-electron chi connectivity index (χ0n) is 11.3. The van der Waals surface area contributed by atoms with Crippen LogP contribution in [0, 0.1) is 0 Å². The normalized spacial score (nSPS) is 14.5. The number of carboxylic acid groups (broad SMARTS) is 1. The number of aliphatic carboxylic acids is 1. The molecule has 0 rings (SSSR count). The molecule has 0 bridgehead atoms. The van der Waals surface area contributed by atoms with Gasteiger partial charge in [0.25, 0.3) is 0 Å². The summed E-state index contributed by atoms with van der Waals surface area (Å²) in [5.74, 6) is -0.926. The third-order valence-corrected chi connectivity index (χ3v) is 2.61. The fraction of sp³-hybridized carbons (Fsp3) is 0.923. The zero-order valence-corrected chi connectivity index (χ0v) is 11.3. The molecule has 0 saturated heterocycles. The minimum absolute atomic E-state index is 0.337. The molecule has 17 heavy (non-hydrogen) atoms. The highest BCUT2D eigenvalue weighted by Crippen LogP contribution is 2.11. The van der Waals surface area contributed by atoms with Crippen LogP contribution >= 0.6 is 0 Å². The summed E-state index contributed by atoms with van der Waals surface area (Å²) in [6.07, 6.45) is 3.38. The lowest BCUT2D eigenvalue weighted by atomic mass is 10.1. The Bertz CT molecular complexity index is 194. The van der Waals surface area contributed by atoms with Crippen molar-refractivity contribution in [3.8, 4) is 0 Å². The van der Waals surface area contributed by atoms with Gasteiger partial charge in [-0.1, -0.05) is 33.6 Å². The second-order valence-electron chi connectivity index (χ2n) is 4.15. The molecule has 0 heterocycles. The Morgan fingerprint density at radius 3 is 2.00 bits per heavy atom. The van der Waals surface area contributed by atoms with Gasteiger partial charge in [-0.25, -0.2) is 4.79 Å². The van der Waals surface area contributed by atoms with Crippen LogP contribution in [0.5, 0.6) is 0 Å². The van der Waals surface area contributed by atoms with Crippen molar-refractivity contribution < 1.29 is 19.4 Å². The van der Waals surface area contributed by atoms with Gasteiger partial charge in [0, 0.05) is 13.2 Å². The van der Waals surface area contributed by atoms with Gasteiger partial charge in [-0.15, -0.1) is 0 Å². The predicted octanol–water partition coefficient (Wildman–Crippen LogP) is 2.85. The summed E-state index contributed by atoms with van der Waals surface area (Å²) < 4.78 is 11.0. The predicted molar refractivity (Wildman–Crippen MR) is 67.2 cm³/mol. The molecule has 0 fully saturated rings. The minimum atomic E-state index is -0.926. The van der Waals surface area contributed by atoms with Crippen LogP contribution in [0.4, 0.5) is 0 Å². The van der Waals surface area contributed by atoms with Crippen LogP contribution in [0.2, 0.25) is 0 Å². The fourth-order valence-corrected chi connectivity index (χ4v) is 1.49. The van der Waals surface area contributed by atoms with Crippen LogP contribution < -0.4 is 0 Å². The van der Waals surface area contributed by atoms with Gasteiger partial charge in [0.2, 0.25) is 0 Å². The van der Waals surface area contributed by atoms with E-state index in [1.807, 2.05) is 13.8 Å². The highest BCUT2D eigenvalue weighted by molar-refractivity contribution is 5.73. The van der Waals surface area contributed by atoms with Gasteiger partial charge in [-0.05, 0) is 19.3 Å². The molecule has 4 heteroatoms. The van der Waals surface area contributed by atoms with E-state index in [-0.39, 0.29) is 6.10 Å². The van der Waals surface area contributed by atoms with Crippen molar-refractivity contribution in [3.63, 3.8) is 0 Å². The maximum Gasteiger partial charge on any atom is 0.335 e. The van der Waals surface area contributed by atoms with Gasteiger partial charge in [-0.3, -0.25) is 0 Å². The lowest BCUT2D eigenvalue weighted by Crippen LogP contribution is -2.38. The molecule has 1 unspecified atom stereocenters. The molecular formula is C13H26O4. The van der Waals surface area contributed by atoms with Crippen molar-refractivity contribution in [2.45, 2.75) is 65.1 Å². The Labute approximate surface area is 104 Å². The maximum absolute atomic E-state index is 11.1. The Balaban J connectivity index is 4.16. The Kier molecular flexibility index (Phi) is 10.2. The summed E-state index contributed by atoms with van der Waals surface area (Å²) >= 11 is 0. The highest BCUT2D eigenvalue weighted by atomic mass is 16.6. The van der Waals surface area contributed by atoms with Gasteiger partial charge in [0.1, 0.15) is 0 Å². The molecule has 0 aromatic rings. The topological polar surface area (TPSA) is 55.8 Å². The minimum Gasteiger partial charge on any atom is -0.479 e. The van der Waals surface area contributed by atoms with E-state index < -0.39 is 12.1 Å². The van der Waals surface area contributed by atoms with E-state index in [0.717, 1.165) is 25.7 Å². The molecule has 0 spiro atoms. The SMILES string of the molecule is CCCCOC(CC)[C@H](OCCCC)C(=O)O. The standard InChI is InChI=1S/C13H26O4/c1-4-7-9-16-11(6-3)12(13(14)15)17-10-8-5-2/h11-12H,4-10H2,1-3H3,(H,14,15)/t11?,12-/m0/s1. The Morgan fingerprint density at radius 1 is 1.06 bits per heavy atom. The van der Waals surface area contributed by atoms with Gasteiger partial charge >= 0.3 is 5.97 Å². The molecule has 0 aliphatic heterocycles. The molecule has 0 aliphatic rings. The molecule has 0 saturated carbocycles. The van der Waals surface area contributed by atoms with Crippen LogP contribution in [0.25, 0.3) is 0 Å². The molecule has 2 atom stereocenters. The highest BCUT2D eigenvalue weighted by Gasteiger charge is 2.28. The summed E-state index contributed by atoms with van der Waals surface area (Å²) in [7, 11) is 0. The summed E-state index contributed by atoms with van der Waals surface area (Å²) in [6.45, 7) is 7.15. The molecular weight excluding hydrogens is 220 g/mol. The number of carboxylic acids is 1. The second-order valence-corrected chi connectivity index (χ2v) is 4.15. The van der Waals surface area contributed by atoms with Crippen molar-refractivity contribution in [1.29, 1.82) is 0 Å². The lowest BCUT2D eigenvalue weighted by Gasteiger charge is -2.23. The van der Waals surface area contributed by atoms with E-state index in [1.54, 1.807) is 0 Å². The summed E-state index contributed by atoms with van der Waals surface area (Å²) in [5.41, 5.74) is 0. The van der Waals surface area contributed by atoms with Crippen LogP contribution in [-0.4, -0.2) is 36.5 Å². The first kappa shape index (κ1) is 16.4. The third-order valence-electron chi connectivity index (χ3n) is 2.61. The molecule has 0 amide bonds. The van der Waals surface area contributed by atoms with Crippen molar-refractivity contribution in [3.05, 3.63) is 0 Å². The number of ether oxygens (including phenoxy) is 2. The smallest absolute Gasteiger partial charge is 0.335 e. The lowest BCUT2D eigenvalue weighted by molar-refractivity contribution is -0.162. The van der Waals surface area contributed by atoms with Crippen molar-refractivity contribution in [2.24, 2.45) is 0 Å². The fourth-order valence-electron chi connectivity index (χ4n) is 1.49. The first-order valence-electron chi connectivity index (χ1n) is 6.63. The summed E-state index contributed by atoms with van der Waals surface area (Å²) in [5, 5.41) is 9.13. The first-order valence-corrected chi connectivity index (χ1v) is 6.63. The number of carbonyl (C=O) groups is 1. The monoisotopic (exact) mass is 246 g/mol. The van der Waals surface area contributed by atoms with Crippen molar-refractivity contribution >= 4 is 5.97 Å². The van der Waals surface area contributed by atoms with Gasteiger partial charge < -0.3 is 14.6 Å². The van der Waals surface area contributed by atoms with E-state index in [9.17, 15) is 4.79 Å². The van der Waals surface area contributed by atoms with Crippen molar-refractivity contribution in [1.82, 2.24) is 0 Å². The van der Waals surface area contributed by atoms with E-state index in [0.29, 0.717) is 19.6 Å².